The van der Waals surface area contributed by atoms with Gasteiger partial charge >= 0.3 is 0 Å². The van der Waals surface area contributed by atoms with Gasteiger partial charge < -0.3 is 4.74 Å². The van der Waals surface area contributed by atoms with Crippen molar-refractivity contribution >= 4 is 0 Å². The summed E-state index contributed by atoms with van der Waals surface area (Å²) >= 11 is 0. The number of piperazine rings is 1. The Hall–Kier alpha value is -1.57. The predicted molar refractivity (Wildman–Crippen MR) is 77.7 cm³/mol. The first kappa shape index (κ1) is 13.4. The Balaban J connectivity index is 1.36. The quantitative estimate of drug-likeness (QED) is 0.817. The van der Waals surface area contributed by atoms with Crippen LogP contribution in [0.4, 0.5) is 0 Å². The van der Waals surface area contributed by atoms with Crippen molar-refractivity contribution in [3.8, 4) is 11.8 Å². The average molecular weight is 271 g/mol. The molecule has 1 saturated carbocycles. The highest BCUT2D eigenvalue weighted by molar-refractivity contribution is 5.34. The van der Waals surface area contributed by atoms with E-state index < -0.39 is 0 Å². The molecule has 0 unspecified atom stereocenters. The largest absolute Gasteiger partial charge is 0.492 e. The van der Waals surface area contributed by atoms with Crippen LogP contribution in [-0.2, 0) is 0 Å². The average Bonchev–Trinajstić information content (AvgIpc) is 3.33. The molecule has 20 heavy (non-hydrogen) atoms. The molecule has 0 atom stereocenters. The van der Waals surface area contributed by atoms with Crippen molar-refractivity contribution in [3.05, 3.63) is 29.8 Å². The zero-order valence-corrected chi connectivity index (χ0v) is 11.8. The second kappa shape index (κ2) is 6.25. The Morgan fingerprint density at radius 1 is 1.10 bits per heavy atom. The third-order valence-corrected chi connectivity index (χ3v) is 4.13. The predicted octanol–water partition coefficient (Wildman–Crippen LogP) is 1.72. The molecule has 1 aromatic rings. The van der Waals surface area contributed by atoms with Crippen molar-refractivity contribution in [2.45, 2.75) is 18.9 Å². The van der Waals surface area contributed by atoms with E-state index in [2.05, 4.69) is 15.9 Å². The summed E-state index contributed by atoms with van der Waals surface area (Å²) in [7, 11) is 0. The molecule has 4 heteroatoms. The number of hydrogen-bond donors (Lipinski definition) is 0. The van der Waals surface area contributed by atoms with Gasteiger partial charge in [-0.3, -0.25) is 9.80 Å². The number of rotatable bonds is 5. The Morgan fingerprint density at radius 2 is 1.80 bits per heavy atom. The SMILES string of the molecule is N#Cc1ccc(OCCN2CCN(C3CC3)CC2)cc1. The number of hydrogen-bond acceptors (Lipinski definition) is 4. The van der Waals surface area contributed by atoms with Gasteiger partial charge in [0.1, 0.15) is 12.4 Å². The third kappa shape index (κ3) is 3.50. The van der Waals surface area contributed by atoms with Gasteiger partial charge in [-0.1, -0.05) is 0 Å². The summed E-state index contributed by atoms with van der Waals surface area (Å²) in [5.74, 6) is 0.848. The van der Waals surface area contributed by atoms with Crippen LogP contribution in [-0.4, -0.2) is 55.2 Å². The number of ether oxygens (including phenoxy) is 1. The lowest BCUT2D eigenvalue weighted by Gasteiger charge is -2.34. The molecule has 0 amide bonds. The maximum Gasteiger partial charge on any atom is 0.119 e. The Morgan fingerprint density at radius 3 is 2.40 bits per heavy atom. The summed E-state index contributed by atoms with van der Waals surface area (Å²) in [6, 6.07) is 10.3. The molecule has 0 radical (unpaired) electrons. The smallest absolute Gasteiger partial charge is 0.119 e. The first-order valence-corrected chi connectivity index (χ1v) is 7.44. The first-order chi connectivity index (χ1) is 9.85. The van der Waals surface area contributed by atoms with Crippen LogP contribution >= 0.6 is 0 Å². The van der Waals surface area contributed by atoms with E-state index in [1.54, 1.807) is 12.1 Å². The Labute approximate surface area is 120 Å². The molecule has 0 aromatic heterocycles. The fraction of sp³-hybridized carbons (Fsp3) is 0.562. The van der Waals surface area contributed by atoms with Gasteiger partial charge in [-0.15, -0.1) is 0 Å². The zero-order chi connectivity index (χ0) is 13.8. The molecule has 0 N–H and O–H groups in total. The maximum absolute atomic E-state index is 8.74. The highest BCUT2D eigenvalue weighted by Crippen LogP contribution is 2.27. The molecule has 2 fully saturated rings. The third-order valence-electron chi connectivity index (χ3n) is 4.13. The molecule has 1 heterocycles. The van der Waals surface area contributed by atoms with E-state index in [1.165, 1.54) is 25.9 Å². The lowest BCUT2D eigenvalue weighted by atomic mass is 10.2. The minimum absolute atomic E-state index is 0.675. The van der Waals surface area contributed by atoms with Crippen LogP contribution < -0.4 is 4.74 Å². The van der Waals surface area contributed by atoms with E-state index in [9.17, 15) is 0 Å². The van der Waals surface area contributed by atoms with Crippen LogP contribution in [0.5, 0.6) is 5.75 Å². The van der Waals surface area contributed by atoms with Gasteiger partial charge in [-0.2, -0.15) is 5.26 Å². The molecule has 3 rings (SSSR count). The molecule has 0 spiro atoms. The van der Waals surface area contributed by atoms with Crippen LogP contribution in [0, 0.1) is 11.3 Å². The van der Waals surface area contributed by atoms with Crippen LogP contribution in [0.1, 0.15) is 18.4 Å². The molecular weight excluding hydrogens is 250 g/mol. The molecular formula is C16H21N3O. The molecule has 1 saturated heterocycles. The summed E-state index contributed by atoms with van der Waals surface area (Å²) in [4.78, 5) is 5.10. The van der Waals surface area contributed by atoms with Crippen molar-refractivity contribution in [1.82, 2.24) is 9.80 Å². The lowest BCUT2D eigenvalue weighted by molar-refractivity contribution is 0.112. The van der Waals surface area contributed by atoms with Gasteiger partial charge in [0.15, 0.2) is 0 Å². The van der Waals surface area contributed by atoms with Gasteiger partial charge in [0.05, 0.1) is 11.6 Å². The summed E-state index contributed by atoms with van der Waals surface area (Å²) in [5, 5.41) is 8.74. The van der Waals surface area contributed by atoms with Crippen molar-refractivity contribution in [2.75, 3.05) is 39.3 Å². The van der Waals surface area contributed by atoms with Crippen molar-refractivity contribution in [1.29, 1.82) is 5.26 Å². The van der Waals surface area contributed by atoms with Crippen LogP contribution in [0.15, 0.2) is 24.3 Å². The first-order valence-electron chi connectivity index (χ1n) is 7.44. The monoisotopic (exact) mass is 271 g/mol. The van der Waals surface area contributed by atoms with Gasteiger partial charge in [0.2, 0.25) is 0 Å². The van der Waals surface area contributed by atoms with Gasteiger partial charge in [-0.25, -0.2) is 0 Å². The molecule has 1 aliphatic heterocycles. The fourth-order valence-electron chi connectivity index (χ4n) is 2.71. The standard InChI is InChI=1S/C16H21N3O/c17-13-14-1-5-16(6-2-14)20-12-11-18-7-9-19(10-8-18)15-3-4-15/h1-2,5-6,15H,3-4,7-12H2. The number of nitriles is 1. The van der Waals surface area contributed by atoms with Crippen molar-refractivity contribution in [2.24, 2.45) is 0 Å². The van der Waals surface area contributed by atoms with E-state index in [-0.39, 0.29) is 0 Å². The summed E-state index contributed by atoms with van der Waals surface area (Å²) in [6.07, 6.45) is 2.81. The van der Waals surface area contributed by atoms with Crippen molar-refractivity contribution < 1.29 is 4.74 Å². The van der Waals surface area contributed by atoms with E-state index in [1.807, 2.05) is 12.1 Å². The van der Waals surface area contributed by atoms with Crippen LogP contribution in [0.3, 0.4) is 0 Å². The van der Waals surface area contributed by atoms with E-state index in [0.29, 0.717) is 5.56 Å². The van der Waals surface area contributed by atoms with Crippen LogP contribution in [0.25, 0.3) is 0 Å². The second-order valence-electron chi connectivity index (χ2n) is 5.59. The van der Waals surface area contributed by atoms with Gasteiger partial charge in [0, 0.05) is 38.8 Å². The molecule has 4 nitrogen and oxygen atoms in total. The molecule has 1 aromatic carbocycles. The highest BCUT2D eigenvalue weighted by Gasteiger charge is 2.30. The highest BCUT2D eigenvalue weighted by atomic mass is 16.5. The molecule has 2 aliphatic rings. The van der Waals surface area contributed by atoms with Crippen LogP contribution in [0.2, 0.25) is 0 Å². The molecule has 106 valence electrons. The minimum atomic E-state index is 0.675. The van der Waals surface area contributed by atoms with Gasteiger partial charge in [0.25, 0.3) is 0 Å². The second-order valence-corrected chi connectivity index (χ2v) is 5.59. The fourth-order valence-corrected chi connectivity index (χ4v) is 2.71. The maximum atomic E-state index is 8.74. The van der Waals surface area contributed by atoms with E-state index in [0.717, 1.165) is 38.0 Å². The lowest BCUT2D eigenvalue weighted by Crippen LogP contribution is -2.48. The minimum Gasteiger partial charge on any atom is -0.492 e. The van der Waals surface area contributed by atoms with E-state index >= 15 is 0 Å². The topological polar surface area (TPSA) is 39.5 Å². The van der Waals surface area contributed by atoms with E-state index in [4.69, 9.17) is 10.00 Å². The number of benzene rings is 1. The summed E-state index contributed by atoms with van der Waals surface area (Å²) < 4.78 is 5.73. The van der Waals surface area contributed by atoms with Gasteiger partial charge in [-0.05, 0) is 37.1 Å². The number of nitrogens with zero attached hydrogens (tertiary/aromatic N) is 3. The Bertz CT molecular complexity index is 467. The summed E-state index contributed by atoms with van der Waals surface area (Å²) in [5.41, 5.74) is 0.675. The van der Waals surface area contributed by atoms with Crippen molar-refractivity contribution in [3.63, 3.8) is 0 Å². The zero-order valence-electron chi connectivity index (χ0n) is 11.8. The summed E-state index contributed by atoms with van der Waals surface area (Å²) in [6.45, 7) is 6.44. The molecule has 1 aliphatic carbocycles. The molecule has 0 bridgehead atoms. The Kier molecular flexibility index (Phi) is 4.19. The normalized spacial score (nSPS) is 20.6.